The maximum atomic E-state index is 13.3. The van der Waals surface area contributed by atoms with Crippen molar-refractivity contribution in [3.8, 4) is 0 Å². The second-order valence-electron chi connectivity index (χ2n) is 3.04. The molecule has 0 saturated heterocycles. The molecule has 0 spiro atoms. The van der Waals surface area contributed by atoms with Gasteiger partial charge < -0.3 is 21.9 Å². The summed E-state index contributed by atoms with van der Waals surface area (Å²) in [5.41, 5.74) is 9.60. The van der Waals surface area contributed by atoms with E-state index >= 15 is 0 Å². The Bertz CT molecular complexity index is 448. The summed E-state index contributed by atoms with van der Waals surface area (Å²) in [6.45, 7) is -0.292. The largest absolute Gasteiger partial charge is 0.478 e. The zero-order chi connectivity index (χ0) is 12.3. The van der Waals surface area contributed by atoms with Crippen LogP contribution in [0.1, 0.15) is 10.4 Å². The lowest BCUT2D eigenvalue weighted by Crippen LogP contribution is -2.22. The third-order valence-corrected chi connectivity index (χ3v) is 1.82. The number of primary amides is 1. The molecule has 86 valence electrons. The second-order valence-corrected chi connectivity index (χ2v) is 3.04. The number of nitrogen functional groups attached to an aromatic ring is 1. The highest BCUT2D eigenvalue weighted by Gasteiger charge is 2.13. The lowest BCUT2D eigenvalue weighted by atomic mass is 10.1. The Morgan fingerprint density at radius 2 is 2.06 bits per heavy atom. The number of carboxylic acid groups (broad SMARTS) is 1. The number of nitrogens with one attached hydrogen (secondary N) is 1. The third kappa shape index (κ3) is 2.59. The molecular weight excluding hydrogens is 217 g/mol. The standard InChI is InChI=1S/C9H10FN3O3/c10-5-2-6(11)4(9(15)16)1-7(5)13-3-8(12)14/h1-2,13H,3,11H2,(H2,12,14)(H,15,16). The van der Waals surface area contributed by atoms with Gasteiger partial charge >= 0.3 is 5.97 Å². The lowest BCUT2D eigenvalue weighted by molar-refractivity contribution is -0.116. The predicted molar refractivity (Wildman–Crippen MR) is 55.5 cm³/mol. The zero-order valence-electron chi connectivity index (χ0n) is 8.16. The molecule has 0 fully saturated rings. The molecule has 0 aliphatic heterocycles. The number of hydrogen-bond donors (Lipinski definition) is 4. The van der Waals surface area contributed by atoms with Gasteiger partial charge in [0, 0.05) is 5.69 Å². The van der Waals surface area contributed by atoms with Crippen molar-refractivity contribution in [3.63, 3.8) is 0 Å². The fourth-order valence-corrected chi connectivity index (χ4v) is 1.09. The van der Waals surface area contributed by atoms with E-state index in [0.29, 0.717) is 0 Å². The van der Waals surface area contributed by atoms with E-state index < -0.39 is 17.7 Å². The van der Waals surface area contributed by atoms with Gasteiger partial charge in [0.05, 0.1) is 17.8 Å². The molecule has 6 nitrogen and oxygen atoms in total. The molecule has 1 rings (SSSR count). The molecule has 1 amide bonds. The molecule has 0 aliphatic rings. The van der Waals surface area contributed by atoms with Gasteiger partial charge in [-0.3, -0.25) is 4.79 Å². The molecule has 0 heterocycles. The number of benzene rings is 1. The van der Waals surface area contributed by atoms with Crippen LogP contribution in [-0.4, -0.2) is 23.5 Å². The Morgan fingerprint density at radius 1 is 1.44 bits per heavy atom. The minimum Gasteiger partial charge on any atom is -0.478 e. The summed E-state index contributed by atoms with van der Waals surface area (Å²) in [4.78, 5) is 21.2. The van der Waals surface area contributed by atoms with E-state index in [1.54, 1.807) is 0 Å². The van der Waals surface area contributed by atoms with Gasteiger partial charge in [-0.2, -0.15) is 0 Å². The number of anilines is 2. The van der Waals surface area contributed by atoms with E-state index in [2.05, 4.69) is 5.32 Å². The summed E-state index contributed by atoms with van der Waals surface area (Å²) in [5.74, 6) is -2.71. The normalized spacial score (nSPS) is 9.81. The number of carbonyl (C=O) groups is 2. The molecule has 0 bridgehead atoms. The Morgan fingerprint density at radius 3 is 2.56 bits per heavy atom. The maximum absolute atomic E-state index is 13.3. The highest BCUT2D eigenvalue weighted by atomic mass is 19.1. The first-order chi connectivity index (χ1) is 7.41. The maximum Gasteiger partial charge on any atom is 0.337 e. The van der Waals surface area contributed by atoms with Crippen molar-refractivity contribution in [1.82, 2.24) is 0 Å². The fourth-order valence-electron chi connectivity index (χ4n) is 1.09. The van der Waals surface area contributed by atoms with E-state index in [1.165, 1.54) is 0 Å². The molecule has 6 N–H and O–H groups in total. The van der Waals surface area contributed by atoms with Crippen LogP contribution in [0.5, 0.6) is 0 Å². The smallest absolute Gasteiger partial charge is 0.337 e. The monoisotopic (exact) mass is 227 g/mol. The number of nitrogens with two attached hydrogens (primary N) is 2. The quantitative estimate of drug-likeness (QED) is 0.540. The Kier molecular flexibility index (Phi) is 3.29. The molecule has 1 aromatic carbocycles. The van der Waals surface area contributed by atoms with Crippen molar-refractivity contribution in [2.45, 2.75) is 0 Å². The third-order valence-electron chi connectivity index (χ3n) is 1.82. The van der Waals surface area contributed by atoms with Gasteiger partial charge in [0.2, 0.25) is 5.91 Å². The van der Waals surface area contributed by atoms with E-state index in [9.17, 15) is 14.0 Å². The number of amides is 1. The summed E-state index contributed by atoms with van der Waals surface area (Å²) in [7, 11) is 0. The topological polar surface area (TPSA) is 118 Å². The van der Waals surface area contributed by atoms with Gasteiger partial charge in [0.1, 0.15) is 5.82 Å². The van der Waals surface area contributed by atoms with E-state index in [-0.39, 0.29) is 23.5 Å². The van der Waals surface area contributed by atoms with E-state index in [1.807, 2.05) is 0 Å². The number of halogens is 1. The predicted octanol–water partition coefficient (Wildman–Crippen LogP) is 0.00330. The first-order valence-corrected chi connectivity index (χ1v) is 4.26. The number of rotatable bonds is 4. The van der Waals surface area contributed by atoms with Crippen LogP contribution in [0.2, 0.25) is 0 Å². The first-order valence-electron chi connectivity index (χ1n) is 4.26. The Balaban J connectivity index is 3.05. The van der Waals surface area contributed by atoms with Gasteiger partial charge in [-0.05, 0) is 12.1 Å². The molecule has 0 aliphatic carbocycles. The number of carbonyl (C=O) groups excluding carboxylic acids is 1. The van der Waals surface area contributed by atoms with E-state index in [4.69, 9.17) is 16.6 Å². The van der Waals surface area contributed by atoms with Crippen LogP contribution < -0.4 is 16.8 Å². The van der Waals surface area contributed by atoms with Crippen LogP contribution in [0.15, 0.2) is 12.1 Å². The first kappa shape index (κ1) is 11.8. The molecule has 0 atom stereocenters. The lowest BCUT2D eigenvalue weighted by Gasteiger charge is -2.08. The summed E-state index contributed by atoms with van der Waals surface area (Å²) in [5, 5.41) is 11.1. The minimum absolute atomic E-state index is 0.134. The molecular formula is C9H10FN3O3. The summed E-state index contributed by atoms with van der Waals surface area (Å²) >= 11 is 0. The van der Waals surface area contributed by atoms with Crippen molar-refractivity contribution in [2.75, 3.05) is 17.6 Å². The summed E-state index contributed by atoms with van der Waals surface area (Å²) in [6, 6.07) is 1.88. The molecule has 16 heavy (non-hydrogen) atoms. The van der Waals surface area contributed by atoms with Crippen LogP contribution in [0.25, 0.3) is 0 Å². The van der Waals surface area contributed by atoms with Crippen LogP contribution in [-0.2, 0) is 4.79 Å². The van der Waals surface area contributed by atoms with Crippen molar-refractivity contribution >= 4 is 23.3 Å². The Labute approximate surface area is 90.0 Å². The molecule has 7 heteroatoms. The second kappa shape index (κ2) is 4.47. The van der Waals surface area contributed by atoms with Gasteiger partial charge in [-0.15, -0.1) is 0 Å². The SMILES string of the molecule is NC(=O)CNc1cc(C(=O)O)c(N)cc1F. The van der Waals surface area contributed by atoms with Crippen LogP contribution in [0.3, 0.4) is 0 Å². The van der Waals surface area contributed by atoms with Crippen LogP contribution >= 0.6 is 0 Å². The molecule has 0 radical (unpaired) electrons. The van der Waals surface area contributed by atoms with Crippen molar-refractivity contribution in [3.05, 3.63) is 23.5 Å². The van der Waals surface area contributed by atoms with Crippen LogP contribution in [0, 0.1) is 5.82 Å². The average molecular weight is 227 g/mol. The average Bonchev–Trinajstić information content (AvgIpc) is 2.15. The van der Waals surface area contributed by atoms with Crippen molar-refractivity contribution in [1.29, 1.82) is 0 Å². The Hall–Kier alpha value is -2.31. The highest BCUT2D eigenvalue weighted by Crippen LogP contribution is 2.21. The molecule has 0 aromatic heterocycles. The van der Waals surface area contributed by atoms with Crippen molar-refractivity contribution < 1.29 is 19.1 Å². The summed E-state index contributed by atoms with van der Waals surface area (Å²) in [6.07, 6.45) is 0. The van der Waals surface area contributed by atoms with Gasteiger partial charge in [-0.25, -0.2) is 9.18 Å². The molecule has 0 unspecified atom stereocenters. The fraction of sp³-hybridized carbons (Fsp3) is 0.111. The van der Waals surface area contributed by atoms with Crippen molar-refractivity contribution in [2.24, 2.45) is 5.73 Å². The van der Waals surface area contributed by atoms with Gasteiger partial charge in [0.15, 0.2) is 0 Å². The highest BCUT2D eigenvalue weighted by molar-refractivity contribution is 5.95. The van der Waals surface area contributed by atoms with E-state index in [0.717, 1.165) is 12.1 Å². The summed E-state index contributed by atoms with van der Waals surface area (Å²) < 4.78 is 13.3. The minimum atomic E-state index is -1.28. The number of aromatic carboxylic acids is 1. The number of hydrogen-bond acceptors (Lipinski definition) is 4. The van der Waals surface area contributed by atoms with Gasteiger partial charge in [-0.1, -0.05) is 0 Å². The van der Waals surface area contributed by atoms with Gasteiger partial charge in [0.25, 0.3) is 0 Å². The molecule has 0 saturated carbocycles. The number of carboxylic acids is 1. The zero-order valence-corrected chi connectivity index (χ0v) is 8.16. The van der Waals surface area contributed by atoms with Crippen LogP contribution in [0.4, 0.5) is 15.8 Å². The molecule has 1 aromatic rings.